The highest BCUT2D eigenvalue weighted by molar-refractivity contribution is 14.0. The molecule has 7 nitrogen and oxygen atoms in total. The van der Waals surface area contributed by atoms with Crippen LogP contribution in [0, 0.1) is 6.92 Å². The van der Waals surface area contributed by atoms with Crippen LogP contribution in [0.5, 0.6) is 0 Å². The zero-order chi connectivity index (χ0) is 19.8. The van der Waals surface area contributed by atoms with E-state index in [1.807, 2.05) is 24.6 Å². The van der Waals surface area contributed by atoms with Crippen molar-refractivity contribution >= 4 is 29.9 Å². The van der Waals surface area contributed by atoms with Gasteiger partial charge in [-0.15, -0.1) is 40.8 Å². The molecule has 2 aromatic rings. The number of rotatable bonds is 8. The molecule has 1 aliphatic heterocycles. The fourth-order valence-corrected chi connectivity index (χ4v) is 3.46. The van der Waals surface area contributed by atoms with Gasteiger partial charge in [0.15, 0.2) is 11.8 Å². The highest BCUT2D eigenvalue weighted by Crippen LogP contribution is 2.24. The Morgan fingerprint density at radius 2 is 1.93 bits per heavy atom. The topological polar surface area (TPSA) is 70.4 Å². The number of hydrogen-bond acceptors (Lipinski definition) is 4. The highest BCUT2D eigenvalue weighted by Gasteiger charge is 2.23. The van der Waals surface area contributed by atoms with Crippen LogP contribution >= 0.6 is 24.0 Å². The Morgan fingerprint density at radius 1 is 1.21 bits per heavy atom. The van der Waals surface area contributed by atoms with Crippen molar-refractivity contribution in [3.63, 3.8) is 0 Å². The molecule has 1 fully saturated rings. The Kier molecular flexibility index (Phi) is 9.59. The first-order valence-corrected chi connectivity index (χ1v) is 9.96. The second kappa shape index (κ2) is 11.9. The van der Waals surface area contributed by atoms with Crippen molar-refractivity contribution in [2.24, 2.45) is 12.0 Å². The van der Waals surface area contributed by atoms with Gasteiger partial charge in [-0.3, -0.25) is 4.90 Å². The van der Waals surface area contributed by atoms with Gasteiger partial charge in [0.05, 0.1) is 6.04 Å². The molecule has 1 saturated heterocycles. The SMILES string of the molecule is C=CCNC(=NCc1nnc(C)n1C)NCC(c1ccccc1)N1CCCC1.I. The van der Waals surface area contributed by atoms with E-state index in [4.69, 9.17) is 4.99 Å². The molecule has 29 heavy (non-hydrogen) atoms. The molecule has 0 saturated carbocycles. The fourth-order valence-electron chi connectivity index (χ4n) is 3.46. The van der Waals surface area contributed by atoms with Crippen molar-refractivity contribution in [1.29, 1.82) is 0 Å². The lowest BCUT2D eigenvalue weighted by molar-refractivity contribution is 0.245. The molecule has 2 heterocycles. The molecule has 158 valence electrons. The van der Waals surface area contributed by atoms with Crippen LogP contribution in [-0.4, -0.2) is 51.8 Å². The van der Waals surface area contributed by atoms with Crippen molar-refractivity contribution < 1.29 is 0 Å². The van der Waals surface area contributed by atoms with E-state index in [2.05, 4.69) is 62.6 Å². The lowest BCUT2D eigenvalue weighted by Gasteiger charge is -2.29. The van der Waals surface area contributed by atoms with Crippen molar-refractivity contribution in [3.8, 4) is 0 Å². The Balaban J connectivity index is 0.00000300. The van der Waals surface area contributed by atoms with Crippen LogP contribution < -0.4 is 10.6 Å². The van der Waals surface area contributed by atoms with Crippen LogP contribution in [0.4, 0.5) is 0 Å². The van der Waals surface area contributed by atoms with Gasteiger partial charge in [0, 0.05) is 20.1 Å². The average molecular weight is 509 g/mol. The zero-order valence-electron chi connectivity index (χ0n) is 17.3. The molecule has 1 atom stereocenters. The predicted molar refractivity (Wildman–Crippen MR) is 128 cm³/mol. The van der Waals surface area contributed by atoms with Gasteiger partial charge in [-0.1, -0.05) is 36.4 Å². The molecule has 0 radical (unpaired) electrons. The molecule has 0 spiro atoms. The number of guanidine groups is 1. The van der Waals surface area contributed by atoms with E-state index in [-0.39, 0.29) is 24.0 Å². The van der Waals surface area contributed by atoms with Crippen molar-refractivity contribution in [2.45, 2.75) is 32.4 Å². The fraction of sp³-hybridized carbons (Fsp3) is 0.476. The summed E-state index contributed by atoms with van der Waals surface area (Å²) in [5.74, 6) is 2.49. The lowest BCUT2D eigenvalue weighted by atomic mass is 10.1. The van der Waals surface area contributed by atoms with Gasteiger partial charge < -0.3 is 15.2 Å². The monoisotopic (exact) mass is 509 g/mol. The minimum Gasteiger partial charge on any atom is -0.354 e. The number of nitrogens with one attached hydrogen (secondary N) is 2. The summed E-state index contributed by atoms with van der Waals surface area (Å²) in [5, 5.41) is 15.1. The van der Waals surface area contributed by atoms with E-state index in [1.165, 1.54) is 18.4 Å². The number of aliphatic imine (C=N–C) groups is 1. The van der Waals surface area contributed by atoms with Gasteiger partial charge in [0.2, 0.25) is 0 Å². The Morgan fingerprint density at radius 3 is 2.55 bits per heavy atom. The number of aryl methyl sites for hydroxylation is 1. The lowest BCUT2D eigenvalue weighted by Crippen LogP contribution is -2.42. The summed E-state index contributed by atoms with van der Waals surface area (Å²) >= 11 is 0. The smallest absolute Gasteiger partial charge is 0.192 e. The number of benzene rings is 1. The minimum absolute atomic E-state index is 0. The molecule has 1 aromatic carbocycles. The molecular weight excluding hydrogens is 477 g/mol. The van der Waals surface area contributed by atoms with Crippen LogP contribution in [0.2, 0.25) is 0 Å². The second-order valence-corrected chi connectivity index (χ2v) is 7.11. The number of aromatic nitrogens is 3. The van der Waals surface area contributed by atoms with Gasteiger partial charge in [-0.2, -0.15) is 0 Å². The molecule has 0 bridgehead atoms. The first kappa shape index (κ1) is 23.3. The molecular formula is C21H32IN7. The van der Waals surface area contributed by atoms with Crippen molar-refractivity contribution in [2.75, 3.05) is 26.2 Å². The van der Waals surface area contributed by atoms with Crippen molar-refractivity contribution in [1.82, 2.24) is 30.3 Å². The standard InChI is InChI=1S/C21H31N7.HI/c1-4-12-22-21(24-16-20-26-25-17(2)27(20)3)23-15-19(28-13-8-9-14-28)18-10-6-5-7-11-18;/h4-7,10-11,19H,1,8-9,12-16H2,2-3H3,(H2,22,23,24);1H. The largest absolute Gasteiger partial charge is 0.354 e. The van der Waals surface area contributed by atoms with E-state index in [9.17, 15) is 0 Å². The molecule has 1 unspecified atom stereocenters. The Labute approximate surface area is 190 Å². The quantitative estimate of drug-likeness (QED) is 0.248. The maximum Gasteiger partial charge on any atom is 0.192 e. The number of nitrogens with zero attached hydrogens (tertiary/aromatic N) is 5. The van der Waals surface area contributed by atoms with Gasteiger partial charge in [-0.25, -0.2) is 4.99 Å². The Hall–Kier alpha value is -1.94. The molecule has 1 aliphatic rings. The summed E-state index contributed by atoms with van der Waals surface area (Å²) in [5.41, 5.74) is 1.34. The van der Waals surface area contributed by atoms with Crippen LogP contribution in [0.25, 0.3) is 0 Å². The van der Waals surface area contributed by atoms with Crippen LogP contribution in [0.3, 0.4) is 0 Å². The van der Waals surface area contributed by atoms with Gasteiger partial charge in [0.25, 0.3) is 0 Å². The van der Waals surface area contributed by atoms with Crippen LogP contribution in [0.15, 0.2) is 48.0 Å². The molecule has 1 aromatic heterocycles. The molecule has 0 aliphatic carbocycles. The summed E-state index contributed by atoms with van der Waals surface area (Å²) in [6.45, 7) is 9.95. The third-order valence-corrected chi connectivity index (χ3v) is 5.20. The highest BCUT2D eigenvalue weighted by atomic mass is 127. The van der Waals surface area contributed by atoms with Crippen LogP contribution in [0.1, 0.15) is 36.1 Å². The van der Waals surface area contributed by atoms with E-state index in [0.717, 1.165) is 37.2 Å². The summed E-state index contributed by atoms with van der Waals surface area (Å²) in [6.07, 6.45) is 4.37. The maximum atomic E-state index is 4.70. The van der Waals surface area contributed by atoms with Crippen LogP contribution in [-0.2, 0) is 13.6 Å². The summed E-state index contributed by atoms with van der Waals surface area (Å²) < 4.78 is 1.96. The van der Waals surface area contributed by atoms with E-state index < -0.39 is 0 Å². The first-order valence-electron chi connectivity index (χ1n) is 9.96. The van der Waals surface area contributed by atoms with E-state index in [1.54, 1.807) is 0 Å². The molecule has 2 N–H and O–H groups in total. The number of hydrogen-bond donors (Lipinski definition) is 2. The van der Waals surface area contributed by atoms with Crippen molar-refractivity contribution in [3.05, 3.63) is 60.2 Å². The van der Waals surface area contributed by atoms with Gasteiger partial charge in [0.1, 0.15) is 12.4 Å². The van der Waals surface area contributed by atoms with E-state index in [0.29, 0.717) is 19.1 Å². The van der Waals surface area contributed by atoms with Gasteiger partial charge >= 0.3 is 0 Å². The molecule has 0 amide bonds. The minimum atomic E-state index is 0. The predicted octanol–water partition coefficient (Wildman–Crippen LogP) is 2.80. The van der Waals surface area contributed by atoms with Gasteiger partial charge in [-0.05, 0) is 38.4 Å². The maximum absolute atomic E-state index is 4.70. The third kappa shape index (κ3) is 6.53. The number of likely N-dealkylation sites (tertiary alicyclic amines) is 1. The molecule has 3 rings (SSSR count). The Bertz CT molecular complexity index is 782. The average Bonchev–Trinajstić information content (AvgIpc) is 3.36. The summed E-state index contributed by atoms with van der Waals surface area (Å²) in [7, 11) is 1.96. The normalized spacial score (nSPS) is 15.6. The summed E-state index contributed by atoms with van der Waals surface area (Å²) in [4.78, 5) is 7.26. The van der Waals surface area contributed by atoms with E-state index >= 15 is 0 Å². The zero-order valence-corrected chi connectivity index (χ0v) is 19.7. The second-order valence-electron chi connectivity index (χ2n) is 7.11. The molecule has 8 heteroatoms. The first-order chi connectivity index (χ1) is 13.7. The number of halogens is 1. The summed E-state index contributed by atoms with van der Waals surface area (Å²) in [6, 6.07) is 11.0. The third-order valence-electron chi connectivity index (χ3n) is 5.20.